The Bertz CT molecular complexity index is 622. The van der Waals surface area contributed by atoms with Crippen LogP contribution in [-0.4, -0.2) is 21.4 Å². The molecule has 0 aliphatic rings. The molecule has 1 N–H and O–H groups in total. The van der Waals surface area contributed by atoms with Crippen LogP contribution in [0.25, 0.3) is 12.2 Å². The van der Waals surface area contributed by atoms with E-state index in [-0.39, 0.29) is 17.1 Å². The second-order valence-corrected chi connectivity index (χ2v) is 4.23. The van der Waals surface area contributed by atoms with Gasteiger partial charge in [0.25, 0.3) is 5.56 Å². The Balaban J connectivity index is 2.23. The van der Waals surface area contributed by atoms with E-state index in [0.29, 0.717) is 5.16 Å². The van der Waals surface area contributed by atoms with Gasteiger partial charge in [0, 0.05) is 0 Å². The number of nitrogens with one attached hydrogen (secondary N) is 1. The number of hydrogen-bond acceptors (Lipinski definition) is 4. The Kier molecular flexibility index (Phi) is 3.88. The predicted molar refractivity (Wildman–Crippen MR) is 69.8 cm³/mol. The van der Waals surface area contributed by atoms with E-state index in [4.69, 9.17) is 0 Å². The van der Waals surface area contributed by atoms with Gasteiger partial charge in [-0.3, -0.25) is 9.78 Å². The first kappa shape index (κ1) is 12.5. The summed E-state index contributed by atoms with van der Waals surface area (Å²) >= 11 is 1.31. The van der Waals surface area contributed by atoms with Gasteiger partial charge in [-0.25, -0.2) is 4.39 Å². The number of aromatic nitrogens is 3. The number of hydrogen-bond donors (Lipinski definition) is 1. The Hall–Kier alpha value is -1.95. The molecule has 92 valence electrons. The molecule has 0 radical (unpaired) electrons. The molecule has 0 atom stereocenters. The molecule has 2 aromatic rings. The molecule has 0 bridgehead atoms. The molecule has 1 heterocycles. The van der Waals surface area contributed by atoms with Gasteiger partial charge in [0.2, 0.25) is 0 Å². The summed E-state index contributed by atoms with van der Waals surface area (Å²) < 4.78 is 12.7. The van der Waals surface area contributed by atoms with E-state index in [2.05, 4.69) is 15.2 Å². The SMILES string of the molecule is CSc1nnc(/C=C/c2ccc(F)cc2)c(=O)[nH]1. The van der Waals surface area contributed by atoms with Crippen LogP contribution < -0.4 is 5.56 Å². The van der Waals surface area contributed by atoms with Crippen molar-refractivity contribution >= 4 is 23.9 Å². The topological polar surface area (TPSA) is 58.6 Å². The van der Waals surface area contributed by atoms with E-state index in [0.717, 1.165) is 5.56 Å². The van der Waals surface area contributed by atoms with Gasteiger partial charge >= 0.3 is 0 Å². The maximum Gasteiger partial charge on any atom is 0.277 e. The van der Waals surface area contributed by atoms with Crippen LogP contribution in [0.5, 0.6) is 0 Å². The van der Waals surface area contributed by atoms with E-state index in [1.54, 1.807) is 30.5 Å². The van der Waals surface area contributed by atoms with Gasteiger partial charge in [0.15, 0.2) is 10.9 Å². The highest BCUT2D eigenvalue weighted by Gasteiger charge is 2.00. The number of halogens is 1. The Morgan fingerprint density at radius 2 is 1.94 bits per heavy atom. The summed E-state index contributed by atoms with van der Waals surface area (Å²) in [5, 5.41) is 8.11. The van der Waals surface area contributed by atoms with Crippen LogP contribution in [0.15, 0.2) is 34.2 Å². The van der Waals surface area contributed by atoms with E-state index < -0.39 is 0 Å². The minimum absolute atomic E-state index is 0.220. The first-order valence-corrected chi connectivity index (χ1v) is 6.36. The molecular formula is C12H10FN3OS. The van der Waals surface area contributed by atoms with Crippen molar-refractivity contribution in [2.75, 3.05) is 6.26 Å². The van der Waals surface area contributed by atoms with Crippen LogP contribution in [0.2, 0.25) is 0 Å². The van der Waals surface area contributed by atoms with Gasteiger partial charge in [-0.05, 0) is 30.0 Å². The van der Waals surface area contributed by atoms with Crippen molar-refractivity contribution in [1.29, 1.82) is 0 Å². The Morgan fingerprint density at radius 3 is 2.56 bits per heavy atom. The number of nitrogens with zero attached hydrogens (tertiary/aromatic N) is 2. The molecule has 0 saturated heterocycles. The van der Waals surface area contributed by atoms with Crippen molar-refractivity contribution in [2.45, 2.75) is 5.16 Å². The van der Waals surface area contributed by atoms with Crippen LogP contribution in [-0.2, 0) is 0 Å². The molecule has 0 spiro atoms. The maximum absolute atomic E-state index is 12.7. The highest BCUT2D eigenvalue weighted by Crippen LogP contribution is 2.07. The fourth-order valence-corrected chi connectivity index (χ4v) is 1.60. The third kappa shape index (κ3) is 3.04. The Labute approximate surface area is 107 Å². The monoisotopic (exact) mass is 263 g/mol. The van der Waals surface area contributed by atoms with Gasteiger partial charge in [-0.2, -0.15) is 0 Å². The third-order valence-electron chi connectivity index (χ3n) is 2.20. The lowest BCUT2D eigenvalue weighted by Crippen LogP contribution is -2.14. The first-order chi connectivity index (χ1) is 8.69. The minimum Gasteiger partial charge on any atom is -0.298 e. The molecule has 1 aromatic carbocycles. The van der Waals surface area contributed by atoms with Crippen molar-refractivity contribution in [3.05, 3.63) is 51.7 Å². The number of H-pyrrole nitrogens is 1. The minimum atomic E-state index is -0.298. The van der Waals surface area contributed by atoms with Crippen molar-refractivity contribution in [2.24, 2.45) is 0 Å². The summed E-state index contributed by atoms with van der Waals surface area (Å²) in [5.74, 6) is -0.297. The zero-order valence-corrected chi connectivity index (χ0v) is 10.4. The summed E-state index contributed by atoms with van der Waals surface area (Å²) in [4.78, 5) is 14.2. The van der Waals surface area contributed by atoms with Crippen molar-refractivity contribution in [3.63, 3.8) is 0 Å². The van der Waals surface area contributed by atoms with Crippen molar-refractivity contribution < 1.29 is 4.39 Å². The highest BCUT2D eigenvalue weighted by molar-refractivity contribution is 7.98. The summed E-state index contributed by atoms with van der Waals surface area (Å²) in [6, 6.07) is 5.94. The van der Waals surface area contributed by atoms with Crippen LogP contribution in [0.3, 0.4) is 0 Å². The van der Waals surface area contributed by atoms with Gasteiger partial charge in [0.05, 0.1) is 0 Å². The second kappa shape index (κ2) is 5.59. The zero-order valence-electron chi connectivity index (χ0n) is 9.55. The van der Waals surface area contributed by atoms with Crippen LogP contribution in [0.4, 0.5) is 4.39 Å². The summed E-state index contributed by atoms with van der Waals surface area (Å²) in [7, 11) is 0. The molecule has 0 aliphatic carbocycles. The molecule has 2 rings (SSSR count). The molecule has 0 unspecified atom stereocenters. The fraction of sp³-hybridized carbons (Fsp3) is 0.0833. The smallest absolute Gasteiger partial charge is 0.277 e. The maximum atomic E-state index is 12.7. The fourth-order valence-electron chi connectivity index (χ4n) is 1.28. The molecule has 1 aromatic heterocycles. The van der Waals surface area contributed by atoms with Gasteiger partial charge in [-0.1, -0.05) is 30.0 Å². The van der Waals surface area contributed by atoms with Crippen LogP contribution in [0.1, 0.15) is 11.3 Å². The van der Waals surface area contributed by atoms with E-state index in [1.165, 1.54) is 23.9 Å². The average Bonchev–Trinajstić information content (AvgIpc) is 2.39. The molecule has 0 saturated carbocycles. The molecule has 0 fully saturated rings. The van der Waals surface area contributed by atoms with Crippen molar-refractivity contribution in [3.8, 4) is 0 Å². The first-order valence-electron chi connectivity index (χ1n) is 5.13. The van der Waals surface area contributed by atoms with Gasteiger partial charge < -0.3 is 0 Å². The third-order valence-corrected chi connectivity index (χ3v) is 2.77. The number of rotatable bonds is 3. The van der Waals surface area contributed by atoms with Gasteiger partial charge in [0.1, 0.15) is 5.82 Å². The highest BCUT2D eigenvalue weighted by atomic mass is 32.2. The molecule has 6 heteroatoms. The number of thioether (sulfide) groups is 1. The number of aromatic amines is 1. The van der Waals surface area contributed by atoms with Crippen LogP contribution in [0, 0.1) is 5.82 Å². The Morgan fingerprint density at radius 1 is 1.22 bits per heavy atom. The average molecular weight is 263 g/mol. The van der Waals surface area contributed by atoms with Crippen LogP contribution >= 0.6 is 11.8 Å². The lowest BCUT2D eigenvalue weighted by molar-refractivity contribution is 0.628. The van der Waals surface area contributed by atoms with E-state index in [1.807, 2.05) is 0 Å². The summed E-state index contributed by atoms with van der Waals surface area (Å²) in [5.41, 5.74) is 0.705. The molecular weight excluding hydrogens is 253 g/mol. The van der Waals surface area contributed by atoms with Crippen molar-refractivity contribution in [1.82, 2.24) is 15.2 Å². The lowest BCUT2D eigenvalue weighted by Gasteiger charge is -1.95. The van der Waals surface area contributed by atoms with E-state index >= 15 is 0 Å². The molecule has 0 amide bonds. The lowest BCUT2D eigenvalue weighted by atomic mass is 10.2. The van der Waals surface area contributed by atoms with Gasteiger partial charge in [-0.15, -0.1) is 10.2 Å². The molecule has 0 aliphatic heterocycles. The normalized spacial score (nSPS) is 11.0. The predicted octanol–water partition coefficient (Wildman–Crippen LogP) is 2.20. The molecule has 18 heavy (non-hydrogen) atoms. The van der Waals surface area contributed by atoms with E-state index in [9.17, 15) is 9.18 Å². The quantitative estimate of drug-likeness (QED) is 0.862. The second-order valence-electron chi connectivity index (χ2n) is 3.43. The standard InChI is InChI=1S/C12H10FN3OS/c1-18-12-14-11(17)10(15-16-12)7-4-8-2-5-9(13)6-3-8/h2-7H,1H3,(H,14,16,17)/b7-4+. The summed E-state index contributed by atoms with van der Waals surface area (Å²) in [6.45, 7) is 0. The number of benzene rings is 1. The zero-order chi connectivity index (χ0) is 13.0. The summed E-state index contributed by atoms with van der Waals surface area (Å²) in [6.07, 6.45) is 5.02. The molecule has 4 nitrogen and oxygen atoms in total. The largest absolute Gasteiger partial charge is 0.298 e.